The summed E-state index contributed by atoms with van der Waals surface area (Å²) in [6, 6.07) is 24.4. The lowest BCUT2D eigenvalue weighted by Crippen LogP contribution is -2.07. The van der Waals surface area contributed by atoms with Gasteiger partial charge in [-0.25, -0.2) is 4.98 Å². The lowest BCUT2D eigenvalue weighted by Gasteiger charge is -2.16. The average molecular weight is 610 g/mol. The van der Waals surface area contributed by atoms with E-state index >= 15 is 0 Å². The predicted molar refractivity (Wildman–Crippen MR) is 156 cm³/mol. The molecule has 0 radical (unpaired) electrons. The molecular weight excluding hydrogens is 587 g/mol. The van der Waals surface area contributed by atoms with Crippen LogP contribution in [-0.4, -0.2) is 19.7 Å². The van der Waals surface area contributed by atoms with E-state index in [0.717, 1.165) is 55.8 Å². The van der Waals surface area contributed by atoms with Crippen molar-refractivity contribution in [2.24, 2.45) is 0 Å². The van der Waals surface area contributed by atoms with E-state index in [1.165, 1.54) is 5.56 Å². The molecule has 3 aromatic carbocycles. The van der Waals surface area contributed by atoms with Gasteiger partial charge in [0.25, 0.3) is 0 Å². The Morgan fingerprint density at radius 2 is 1.68 bits per heavy atom. The van der Waals surface area contributed by atoms with Crippen LogP contribution in [-0.2, 0) is 5.41 Å². The minimum absolute atomic E-state index is 0.0360. The molecule has 1 aliphatic carbocycles. The number of hydrogen-bond acceptors (Lipinski definition) is 4. The third-order valence-electron chi connectivity index (χ3n) is 6.83. The number of hydrogen-bond donors (Lipinski definition) is 0. The number of imidazole rings is 1. The predicted octanol–water partition coefficient (Wildman–Crippen LogP) is 9.33. The molecule has 0 aliphatic heterocycles. The van der Waals surface area contributed by atoms with Gasteiger partial charge in [-0.2, -0.15) is 0 Å². The normalized spacial score (nSPS) is 14.3. The van der Waals surface area contributed by atoms with Crippen molar-refractivity contribution in [3.8, 4) is 27.8 Å². The fourth-order valence-corrected chi connectivity index (χ4v) is 6.71. The van der Waals surface area contributed by atoms with Gasteiger partial charge in [0.2, 0.25) is 0 Å². The van der Waals surface area contributed by atoms with E-state index < -0.39 is 0 Å². The van der Waals surface area contributed by atoms with Gasteiger partial charge in [0.05, 0.1) is 10.7 Å². The van der Waals surface area contributed by atoms with Crippen molar-refractivity contribution in [2.75, 3.05) is 0 Å². The van der Waals surface area contributed by atoms with Crippen molar-refractivity contribution in [3.05, 3.63) is 104 Å². The monoisotopic (exact) mass is 608 g/mol. The molecule has 0 spiro atoms. The molecule has 0 atom stereocenters. The van der Waals surface area contributed by atoms with Gasteiger partial charge in [0.1, 0.15) is 16.5 Å². The molecule has 1 aliphatic rings. The van der Waals surface area contributed by atoms with Crippen molar-refractivity contribution in [3.63, 3.8) is 0 Å². The lowest BCUT2D eigenvalue weighted by atomic mass is 9.97. The van der Waals surface area contributed by atoms with Gasteiger partial charge in [-0.1, -0.05) is 94.6 Å². The van der Waals surface area contributed by atoms with Crippen LogP contribution in [0, 0.1) is 0 Å². The second kappa shape index (κ2) is 9.66. The summed E-state index contributed by atoms with van der Waals surface area (Å²) in [5.74, 6) is 0.922. The molecule has 0 bridgehead atoms. The Morgan fingerprint density at radius 1 is 0.946 bits per heavy atom. The van der Waals surface area contributed by atoms with Crippen LogP contribution in [0.25, 0.3) is 27.8 Å². The molecule has 1 saturated carbocycles. The number of aromatic nitrogens is 4. The van der Waals surface area contributed by atoms with E-state index in [2.05, 4.69) is 81.9 Å². The second-order valence-electron chi connectivity index (χ2n) is 9.62. The Morgan fingerprint density at radius 3 is 2.32 bits per heavy atom. The number of benzene rings is 3. The van der Waals surface area contributed by atoms with Crippen molar-refractivity contribution >= 4 is 50.5 Å². The average Bonchev–Trinajstić information content (AvgIpc) is 3.37. The Labute approximate surface area is 238 Å². The zero-order valence-electron chi connectivity index (χ0n) is 20.3. The maximum absolute atomic E-state index is 6.71. The van der Waals surface area contributed by atoms with E-state index in [9.17, 15) is 0 Å². The molecule has 1 fully saturated rings. The van der Waals surface area contributed by atoms with Crippen molar-refractivity contribution < 1.29 is 0 Å². The first-order valence-electron chi connectivity index (χ1n) is 12.1. The Bertz CT molecular complexity index is 1590. The van der Waals surface area contributed by atoms with Crippen LogP contribution in [0.4, 0.5) is 0 Å². The largest absolute Gasteiger partial charge is 0.296 e. The topological polar surface area (TPSA) is 43.6 Å². The number of nitrogens with zero attached hydrogens (tertiary/aromatic N) is 4. The molecule has 8 heteroatoms. The highest BCUT2D eigenvalue weighted by atomic mass is 79.9. The Hall–Kier alpha value is -2.51. The third-order valence-corrected chi connectivity index (χ3v) is 9.04. The zero-order valence-corrected chi connectivity index (χ0v) is 24.2. The molecule has 2 aromatic heterocycles. The van der Waals surface area contributed by atoms with Gasteiger partial charge in [-0.3, -0.25) is 4.57 Å². The highest BCUT2D eigenvalue weighted by Crippen LogP contribution is 2.55. The molecule has 0 unspecified atom stereocenters. The fraction of sp³-hybridized carbons (Fsp3) is 0.207. The SMILES string of the molecule is CC(C)c1c(-c2nnc(C3(c4ccccc4)CC3)s2)nc(-c2ccc(Cl)cc2Cl)n1-c1ccc(Br)cc1. The van der Waals surface area contributed by atoms with Crippen LogP contribution < -0.4 is 0 Å². The summed E-state index contributed by atoms with van der Waals surface area (Å²) >= 11 is 18.1. The highest BCUT2D eigenvalue weighted by Gasteiger charge is 2.49. The molecule has 6 rings (SSSR count). The van der Waals surface area contributed by atoms with Crippen LogP contribution in [0.5, 0.6) is 0 Å². The van der Waals surface area contributed by atoms with Gasteiger partial charge in [-0.05, 0) is 66.8 Å². The van der Waals surface area contributed by atoms with Crippen molar-refractivity contribution in [2.45, 2.75) is 38.0 Å². The quantitative estimate of drug-likeness (QED) is 0.193. The van der Waals surface area contributed by atoms with Crippen LogP contribution >= 0.6 is 50.5 Å². The minimum Gasteiger partial charge on any atom is -0.296 e. The van der Waals surface area contributed by atoms with E-state index in [1.54, 1.807) is 17.4 Å². The van der Waals surface area contributed by atoms with Gasteiger partial charge in [-0.15, -0.1) is 10.2 Å². The summed E-state index contributed by atoms with van der Waals surface area (Å²) in [7, 11) is 0. The van der Waals surface area contributed by atoms with E-state index in [-0.39, 0.29) is 11.3 Å². The number of halogens is 3. The molecule has 2 heterocycles. The first kappa shape index (κ1) is 24.8. The van der Waals surface area contributed by atoms with Crippen molar-refractivity contribution in [1.29, 1.82) is 0 Å². The van der Waals surface area contributed by atoms with Crippen molar-refractivity contribution in [1.82, 2.24) is 19.7 Å². The smallest absolute Gasteiger partial charge is 0.168 e. The Balaban J connectivity index is 1.55. The van der Waals surface area contributed by atoms with Crippen LogP contribution in [0.2, 0.25) is 10.0 Å². The molecular formula is C29H23BrCl2N4S. The van der Waals surface area contributed by atoms with Crippen LogP contribution in [0.3, 0.4) is 0 Å². The summed E-state index contributed by atoms with van der Waals surface area (Å²) in [4.78, 5) is 5.18. The maximum atomic E-state index is 6.71. The van der Waals surface area contributed by atoms with Gasteiger partial charge in [0, 0.05) is 26.2 Å². The summed E-state index contributed by atoms with van der Waals surface area (Å²) in [5.41, 5.74) is 4.98. The van der Waals surface area contributed by atoms with Crippen LogP contribution in [0.1, 0.15) is 48.9 Å². The van der Waals surface area contributed by atoms with Gasteiger partial charge in [0.15, 0.2) is 5.01 Å². The summed E-state index contributed by atoms with van der Waals surface area (Å²) < 4.78 is 3.20. The van der Waals surface area contributed by atoms with E-state index in [0.29, 0.717) is 10.0 Å². The van der Waals surface area contributed by atoms with Crippen LogP contribution in [0.15, 0.2) is 77.3 Å². The fourth-order valence-electron chi connectivity index (χ4n) is 4.85. The molecule has 5 aromatic rings. The summed E-state index contributed by atoms with van der Waals surface area (Å²) in [5, 5.41) is 12.4. The highest BCUT2D eigenvalue weighted by molar-refractivity contribution is 9.10. The zero-order chi connectivity index (χ0) is 25.7. The summed E-state index contributed by atoms with van der Waals surface area (Å²) in [6.45, 7) is 4.36. The Kier molecular flexibility index (Phi) is 6.48. The van der Waals surface area contributed by atoms with Gasteiger partial charge < -0.3 is 0 Å². The molecule has 0 saturated heterocycles. The van der Waals surface area contributed by atoms with E-state index in [4.69, 9.17) is 33.3 Å². The third kappa shape index (κ3) is 4.44. The molecule has 37 heavy (non-hydrogen) atoms. The molecule has 186 valence electrons. The summed E-state index contributed by atoms with van der Waals surface area (Å²) in [6.07, 6.45) is 2.17. The minimum atomic E-state index is -0.0360. The lowest BCUT2D eigenvalue weighted by molar-refractivity contribution is 0.790. The maximum Gasteiger partial charge on any atom is 0.168 e. The first-order valence-corrected chi connectivity index (χ1v) is 14.5. The molecule has 4 nitrogen and oxygen atoms in total. The first-order chi connectivity index (χ1) is 17.9. The second-order valence-corrected chi connectivity index (χ2v) is 12.4. The molecule has 0 amide bonds. The standard InChI is InChI=1S/C29H23BrCl2N4S/c1-17(2)25-24(27-34-35-28(37-27)29(14-15-29)18-6-4-3-5-7-18)33-26(22-13-10-20(31)16-23(22)32)36(25)21-11-8-19(30)9-12-21/h3-13,16-17H,14-15H2,1-2H3. The van der Waals surface area contributed by atoms with Gasteiger partial charge >= 0.3 is 0 Å². The molecule has 0 N–H and O–H groups in total. The number of rotatable bonds is 6. The van der Waals surface area contributed by atoms with E-state index in [1.807, 2.05) is 24.3 Å².